The van der Waals surface area contributed by atoms with E-state index in [-0.39, 0.29) is 11.3 Å². The Hall–Kier alpha value is -3.70. The molecule has 0 unspecified atom stereocenters. The first kappa shape index (κ1) is 17.7. The highest BCUT2D eigenvalue weighted by Crippen LogP contribution is 2.17. The highest BCUT2D eigenvalue weighted by molar-refractivity contribution is 5.49. The van der Waals surface area contributed by atoms with Crippen molar-refractivity contribution in [3.8, 4) is 17.9 Å². The maximum Gasteiger partial charge on any atom is 0.171 e. The summed E-state index contributed by atoms with van der Waals surface area (Å²) < 4.78 is 10.7. The third-order valence-electron chi connectivity index (χ3n) is 3.28. The lowest BCUT2D eigenvalue weighted by Gasteiger charge is -2.07. The molecule has 0 aliphatic rings. The van der Waals surface area contributed by atoms with Crippen LogP contribution in [0, 0.1) is 22.7 Å². The molecule has 2 aromatic rings. The molecule has 0 radical (unpaired) electrons. The highest BCUT2D eigenvalue weighted by Gasteiger charge is 2.02. The van der Waals surface area contributed by atoms with Gasteiger partial charge in [0.25, 0.3) is 0 Å². The molecule has 0 saturated heterocycles. The van der Waals surface area contributed by atoms with Crippen LogP contribution in [0.25, 0.3) is 0 Å². The average molecular weight is 331 g/mol. The predicted octanol–water partition coefficient (Wildman–Crippen LogP) is 4.14. The molecule has 0 aliphatic carbocycles. The van der Waals surface area contributed by atoms with Gasteiger partial charge in [-0.3, -0.25) is 0 Å². The lowest BCUT2D eigenvalue weighted by Crippen LogP contribution is -1.95. The summed E-state index contributed by atoms with van der Waals surface area (Å²) in [5.41, 5.74) is 1.87. The van der Waals surface area contributed by atoms with Crippen LogP contribution in [0.1, 0.15) is 5.56 Å². The van der Waals surface area contributed by atoms with Crippen LogP contribution in [0.2, 0.25) is 0 Å². The van der Waals surface area contributed by atoms with Crippen molar-refractivity contribution in [3.05, 3.63) is 83.8 Å². The molecule has 0 saturated carbocycles. The molecule has 5 heteroatoms. The maximum absolute atomic E-state index is 8.83. The Morgan fingerprint density at radius 3 is 2.32 bits per heavy atom. The topological polar surface area (TPSA) is 78.1 Å². The molecule has 25 heavy (non-hydrogen) atoms. The number of allylic oxidation sites excluding steroid dienone is 2. The molecule has 0 spiro atoms. The van der Waals surface area contributed by atoms with Gasteiger partial charge in [0.1, 0.15) is 30.3 Å². The minimum atomic E-state index is -0.0785. The molecule has 0 fully saturated rings. The summed E-state index contributed by atoms with van der Waals surface area (Å²) in [5.74, 6) is 0.979. The normalized spacial score (nSPS) is 9.72. The number of nitrogens with zero attached hydrogens (tertiary/aromatic N) is 2. The van der Waals surface area contributed by atoms with Crippen molar-refractivity contribution >= 4 is 5.69 Å². The lowest BCUT2D eigenvalue weighted by atomic mass is 10.2. The molecule has 0 atom stereocenters. The molecule has 0 heterocycles. The van der Waals surface area contributed by atoms with Gasteiger partial charge in [-0.25, -0.2) is 0 Å². The largest absolute Gasteiger partial charge is 0.495 e. The van der Waals surface area contributed by atoms with Crippen molar-refractivity contribution < 1.29 is 9.47 Å². The molecule has 5 nitrogen and oxygen atoms in total. The standard InChI is InChI=1S/C20H17N3O2/c1-24-20(17(13-21)14-22)11-12-23-18-7-9-19(10-8-18)25-15-16-5-3-2-4-6-16/h2-12,23H,15H2,1H3/b12-11+. The number of hydrogen-bond acceptors (Lipinski definition) is 5. The minimum absolute atomic E-state index is 0.0785. The van der Waals surface area contributed by atoms with Crippen LogP contribution in [0.15, 0.2) is 78.2 Å². The fourth-order valence-corrected chi connectivity index (χ4v) is 1.99. The van der Waals surface area contributed by atoms with Gasteiger partial charge in [-0.05, 0) is 35.9 Å². The summed E-state index contributed by atoms with van der Waals surface area (Å²) >= 11 is 0. The van der Waals surface area contributed by atoms with Crippen LogP contribution in [0.4, 0.5) is 5.69 Å². The number of benzene rings is 2. The van der Waals surface area contributed by atoms with Crippen molar-refractivity contribution in [1.29, 1.82) is 10.5 Å². The Morgan fingerprint density at radius 1 is 1.04 bits per heavy atom. The Labute approximate surface area is 147 Å². The van der Waals surface area contributed by atoms with Gasteiger partial charge in [-0.15, -0.1) is 0 Å². The van der Waals surface area contributed by atoms with E-state index in [0.29, 0.717) is 6.61 Å². The van der Waals surface area contributed by atoms with Gasteiger partial charge in [-0.1, -0.05) is 30.3 Å². The van der Waals surface area contributed by atoms with Gasteiger partial charge in [0, 0.05) is 11.9 Å². The van der Waals surface area contributed by atoms with E-state index in [1.54, 1.807) is 18.3 Å². The fraction of sp³-hybridized carbons (Fsp3) is 0.100. The second-order valence-electron chi connectivity index (χ2n) is 4.94. The summed E-state index contributed by atoms with van der Waals surface area (Å²) in [4.78, 5) is 0. The van der Waals surface area contributed by atoms with Crippen LogP contribution >= 0.6 is 0 Å². The third-order valence-corrected chi connectivity index (χ3v) is 3.28. The molecular formula is C20H17N3O2. The van der Waals surface area contributed by atoms with Gasteiger partial charge in [0.05, 0.1) is 7.11 Å². The van der Waals surface area contributed by atoms with Crippen LogP contribution in [-0.4, -0.2) is 7.11 Å². The zero-order chi connectivity index (χ0) is 17.9. The number of ether oxygens (including phenoxy) is 2. The second kappa shape index (κ2) is 9.44. The van der Waals surface area contributed by atoms with E-state index in [1.165, 1.54) is 13.2 Å². The number of hydrogen-bond donors (Lipinski definition) is 1. The Bertz CT molecular complexity index is 810. The minimum Gasteiger partial charge on any atom is -0.495 e. The van der Waals surface area contributed by atoms with E-state index in [2.05, 4.69) is 5.32 Å². The van der Waals surface area contributed by atoms with Crippen LogP contribution in [-0.2, 0) is 11.3 Å². The van der Waals surface area contributed by atoms with E-state index in [4.69, 9.17) is 20.0 Å². The monoisotopic (exact) mass is 331 g/mol. The lowest BCUT2D eigenvalue weighted by molar-refractivity contribution is 0.305. The molecule has 0 amide bonds. The zero-order valence-corrected chi connectivity index (χ0v) is 13.8. The van der Waals surface area contributed by atoms with Gasteiger partial charge in [0.2, 0.25) is 0 Å². The van der Waals surface area contributed by atoms with Crippen molar-refractivity contribution in [2.45, 2.75) is 6.61 Å². The second-order valence-corrected chi connectivity index (χ2v) is 4.94. The zero-order valence-electron chi connectivity index (χ0n) is 13.8. The number of methoxy groups -OCH3 is 1. The predicted molar refractivity (Wildman–Crippen MR) is 95.2 cm³/mol. The Balaban J connectivity index is 1.92. The highest BCUT2D eigenvalue weighted by atomic mass is 16.5. The van der Waals surface area contributed by atoms with Crippen molar-refractivity contribution in [1.82, 2.24) is 0 Å². The first-order valence-corrected chi connectivity index (χ1v) is 7.55. The van der Waals surface area contributed by atoms with Crippen molar-refractivity contribution in [2.75, 3.05) is 12.4 Å². The maximum atomic E-state index is 8.83. The molecule has 0 aliphatic heterocycles. The molecule has 2 rings (SSSR count). The first-order valence-electron chi connectivity index (χ1n) is 7.55. The number of anilines is 1. The van der Waals surface area contributed by atoms with Gasteiger partial charge in [-0.2, -0.15) is 10.5 Å². The summed E-state index contributed by atoms with van der Waals surface area (Å²) in [5, 5.41) is 20.7. The summed E-state index contributed by atoms with van der Waals surface area (Å²) in [6, 6.07) is 21.0. The van der Waals surface area contributed by atoms with Gasteiger partial charge < -0.3 is 14.8 Å². The van der Waals surface area contributed by atoms with Crippen LogP contribution < -0.4 is 10.1 Å². The molecule has 0 aromatic heterocycles. The SMILES string of the molecule is COC(/C=C/Nc1ccc(OCc2ccccc2)cc1)=C(C#N)C#N. The molecule has 0 bridgehead atoms. The van der Waals surface area contributed by atoms with Gasteiger partial charge >= 0.3 is 0 Å². The van der Waals surface area contributed by atoms with E-state index in [9.17, 15) is 0 Å². The smallest absolute Gasteiger partial charge is 0.171 e. The number of nitriles is 2. The molecular weight excluding hydrogens is 314 g/mol. The van der Waals surface area contributed by atoms with E-state index >= 15 is 0 Å². The fourth-order valence-electron chi connectivity index (χ4n) is 1.99. The average Bonchev–Trinajstić information content (AvgIpc) is 2.67. The molecule has 2 aromatic carbocycles. The summed E-state index contributed by atoms with van der Waals surface area (Å²) in [6.45, 7) is 0.514. The number of rotatable bonds is 7. The van der Waals surface area contributed by atoms with Crippen molar-refractivity contribution in [2.24, 2.45) is 0 Å². The number of nitrogens with one attached hydrogen (secondary N) is 1. The van der Waals surface area contributed by atoms with Crippen LogP contribution in [0.5, 0.6) is 5.75 Å². The van der Waals surface area contributed by atoms with Gasteiger partial charge in [0.15, 0.2) is 5.57 Å². The summed E-state index contributed by atoms with van der Waals surface area (Å²) in [6.07, 6.45) is 3.13. The molecule has 124 valence electrons. The molecule has 1 N–H and O–H groups in total. The first-order chi connectivity index (χ1) is 12.3. The van der Waals surface area contributed by atoms with Crippen molar-refractivity contribution in [3.63, 3.8) is 0 Å². The van der Waals surface area contributed by atoms with E-state index in [0.717, 1.165) is 17.0 Å². The van der Waals surface area contributed by atoms with Crippen LogP contribution in [0.3, 0.4) is 0 Å². The Morgan fingerprint density at radius 2 is 1.72 bits per heavy atom. The third kappa shape index (κ3) is 5.46. The quantitative estimate of drug-likeness (QED) is 0.469. The van der Waals surface area contributed by atoms with E-state index in [1.807, 2.05) is 54.6 Å². The summed E-state index contributed by atoms with van der Waals surface area (Å²) in [7, 11) is 1.41. The Kier molecular flexibility index (Phi) is 6.67. The van der Waals surface area contributed by atoms with E-state index < -0.39 is 0 Å².